The van der Waals surface area contributed by atoms with Gasteiger partial charge in [-0.3, -0.25) is 4.79 Å². The van der Waals surface area contributed by atoms with Crippen LogP contribution in [-0.2, 0) is 14.3 Å². The zero-order valence-corrected chi connectivity index (χ0v) is 12.0. The molecule has 1 fully saturated rings. The summed E-state index contributed by atoms with van der Waals surface area (Å²) in [7, 11) is 0. The maximum atomic E-state index is 13.0. The lowest BCUT2D eigenvalue weighted by molar-refractivity contribution is -0.167. The van der Waals surface area contributed by atoms with Crippen molar-refractivity contribution in [1.29, 1.82) is 0 Å². The lowest BCUT2D eigenvalue weighted by atomic mass is 9.80. The molecular weight excluding hydrogens is 271 g/mol. The zero-order valence-electron chi connectivity index (χ0n) is 12.0. The summed E-state index contributed by atoms with van der Waals surface area (Å²) in [6.45, 7) is 2.79. The summed E-state index contributed by atoms with van der Waals surface area (Å²) in [5.74, 6) is -0.816. The minimum Gasteiger partial charge on any atom is -0.457 e. The van der Waals surface area contributed by atoms with Crippen LogP contribution < -0.4 is 0 Å². The van der Waals surface area contributed by atoms with Crippen molar-refractivity contribution in [2.24, 2.45) is 5.92 Å². The molecule has 0 N–H and O–H groups in total. The van der Waals surface area contributed by atoms with Gasteiger partial charge in [-0.25, -0.2) is 4.39 Å². The third-order valence-corrected chi connectivity index (χ3v) is 4.09. The number of fused-ring (bicyclic) bond motifs is 2. The fourth-order valence-electron chi connectivity index (χ4n) is 2.92. The van der Waals surface area contributed by atoms with Gasteiger partial charge in [0.2, 0.25) is 0 Å². The number of unbranched alkanes of at least 4 members (excludes halogenated alkanes) is 1. The van der Waals surface area contributed by atoms with Gasteiger partial charge in [0.05, 0.1) is 6.10 Å². The molecule has 3 nitrogen and oxygen atoms in total. The summed E-state index contributed by atoms with van der Waals surface area (Å²) in [5.41, 5.74) is 1.88. The van der Waals surface area contributed by atoms with Gasteiger partial charge in [0.1, 0.15) is 17.8 Å². The number of halogens is 1. The number of carbonyl (C=O) groups is 1. The van der Waals surface area contributed by atoms with Crippen LogP contribution in [0.3, 0.4) is 0 Å². The Morgan fingerprint density at radius 2 is 2.10 bits per heavy atom. The van der Waals surface area contributed by atoms with Crippen molar-refractivity contribution < 1.29 is 18.7 Å². The molecule has 0 unspecified atom stereocenters. The van der Waals surface area contributed by atoms with Gasteiger partial charge in [0, 0.05) is 13.0 Å². The van der Waals surface area contributed by atoms with Crippen molar-refractivity contribution in [3.63, 3.8) is 0 Å². The van der Waals surface area contributed by atoms with E-state index in [4.69, 9.17) is 9.47 Å². The summed E-state index contributed by atoms with van der Waals surface area (Å²) in [6.07, 6.45) is 4.32. The number of carbonyl (C=O) groups excluding carboxylic acids is 1. The molecule has 0 amide bonds. The quantitative estimate of drug-likeness (QED) is 0.616. The predicted octanol–water partition coefficient (Wildman–Crippen LogP) is 3.34. The summed E-state index contributed by atoms with van der Waals surface area (Å²) >= 11 is 0. The molecule has 1 aromatic carbocycles. The van der Waals surface area contributed by atoms with Crippen LogP contribution in [0, 0.1) is 11.7 Å². The molecule has 112 valence electrons. The van der Waals surface area contributed by atoms with E-state index in [9.17, 15) is 9.18 Å². The Kier molecular flexibility index (Phi) is 4.06. The first kappa shape index (κ1) is 14.3. The lowest BCUT2D eigenvalue weighted by Gasteiger charge is -2.40. The average Bonchev–Trinajstić information content (AvgIpc) is 2.48. The first-order chi connectivity index (χ1) is 10.2. The van der Waals surface area contributed by atoms with Crippen LogP contribution in [0.15, 0.2) is 30.3 Å². The molecule has 1 saturated heterocycles. The fourth-order valence-corrected chi connectivity index (χ4v) is 2.92. The van der Waals surface area contributed by atoms with Crippen LogP contribution in [-0.4, -0.2) is 24.8 Å². The summed E-state index contributed by atoms with van der Waals surface area (Å²) in [6, 6.07) is 6.30. The van der Waals surface area contributed by atoms with E-state index in [-0.39, 0.29) is 29.9 Å². The zero-order chi connectivity index (χ0) is 14.8. The highest BCUT2D eigenvalue weighted by atomic mass is 19.1. The van der Waals surface area contributed by atoms with Gasteiger partial charge >= 0.3 is 5.97 Å². The Morgan fingerprint density at radius 3 is 2.76 bits per heavy atom. The molecule has 0 saturated carbocycles. The van der Waals surface area contributed by atoms with Crippen molar-refractivity contribution in [3.05, 3.63) is 41.7 Å². The minimum absolute atomic E-state index is 0.0907. The van der Waals surface area contributed by atoms with Gasteiger partial charge in [-0.1, -0.05) is 31.6 Å². The van der Waals surface area contributed by atoms with Gasteiger partial charge < -0.3 is 9.47 Å². The van der Waals surface area contributed by atoms with Crippen molar-refractivity contribution >= 4 is 11.5 Å². The second-order valence-corrected chi connectivity index (χ2v) is 5.58. The van der Waals surface area contributed by atoms with Gasteiger partial charge in [0.15, 0.2) is 0 Å². The third-order valence-electron chi connectivity index (χ3n) is 4.09. The van der Waals surface area contributed by atoms with Crippen molar-refractivity contribution in [2.45, 2.75) is 38.4 Å². The highest BCUT2D eigenvalue weighted by Crippen LogP contribution is 2.39. The van der Waals surface area contributed by atoms with E-state index in [1.807, 2.05) is 6.08 Å². The maximum Gasteiger partial charge on any atom is 0.316 e. The van der Waals surface area contributed by atoms with Gasteiger partial charge in [-0.05, 0) is 29.7 Å². The molecule has 0 spiro atoms. The van der Waals surface area contributed by atoms with Crippen LogP contribution in [0.1, 0.15) is 31.7 Å². The number of benzene rings is 1. The third kappa shape index (κ3) is 2.86. The first-order valence-electron chi connectivity index (χ1n) is 7.48. The van der Waals surface area contributed by atoms with E-state index < -0.39 is 0 Å². The minimum atomic E-state index is -0.341. The smallest absolute Gasteiger partial charge is 0.316 e. The van der Waals surface area contributed by atoms with Gasteiger partial charge in [-0.2, -0.15) is 0 Å². The van der Waals surface area contributed by atoms with Crippen LogP contribution in [0.25, 0.3) is 5.57 Å². The molecule has 0 radical (unpaired) electrons. The van der Waals surface area contributed by atoms with E-state index >= 15 is 0 Å². The first-order valence-corrected chi connectivity index (χ1v) is 7.48. The topological polar surface area (TPSA) is 35.5 Å². The molecule has 21 heavy (non-hydrogen) atoms. The molecule has 0 aromatic heterocycles. The molecule has 4 heteroatoms. The highest BCUT2D eigenvalue weighted by Gasteiger charge is 2.44. The second-order valence-electron chi connectivity index (χ2n) is 5.58. The van der Waals surface area contributed by atoms with Crippen LogP contribution in [0.5, 0.6) is 0 Å². The Morgan fingerprint density at radius 1 is 1.33 bits per heavy atom. The Hall–Kier alpha value is -1.68. The molecule has 2 aliphatic heterocycles. The number of hydrogen-bond donors (Lipinski definition) is 0. The van der Waals surface area contributed by atoms with E-state index in [2.05, 4.69) is 6.92 Å². The van der Waals surface area contributed by atoms with Gasteiger partial charge in [0.25, 0.3) is 0 Å². The monoisotopic (exact) mass is 290 g/mol. The van der Waals surface area contributed by atoms with E-state index in [1.165, 1.54) is 12.1 Å². The predicted molar refractivity (Wildman–Crippen MR) is 77.0 cm³/mol. The van der Waals surface area contributed by atoms with Gasteiger partial charge in [-0.15, -0.1) is 0 Å². The Labute approximate surface area is 123 Å². The van der Waals surface area contributed by atoms with E-state index in [1.54, 1.807) is 12.1 Å². The molecular formula is C17H19FO3. The number of rotatable bonds is 5. The molecule has 3 atom stereocenters. The SMILES string of the molecule is CCCCO[C@H]1C[C@@H]2OC(=O)[C@H]1C=C2c1ccc(F)cc1. The summed E-state index contributed by atoms with van der Waals surface area (Å²) < 4.78 is 24.3. The van der Waals surface area contributed by atoms with Crippen LogP contribution >= 0.6 is 0 Å². The largest absolute Gasteiger partial charge is 0.457 e. The van der Waals surface area contributed by atoms with Crippen molar-refractivity contribution in [1.82, 2.24) is 0 Å². The molecule has 2 bridgehead atoms. The number of hydrogen-bond acceptors (Lipinski definition) is 3. The summed E-state index contributed by atoms with van der Waals surface area (Å²) in [4.78, 5) is 11.9. The second kappa shape index (κ2) is 5.98. The molecule has 1 aliphatic carbocycles. The summed E-state index contributed by atoms with van der Waals surface area (Å²) in [5, 5.41) is 0. The Balaban J connectivity index is 1.79. The van der Waals surface area contributed by atoms with E-state index in [0.717, 1.165) is 24.0 Å². The van der Waals surface area contributed by atoms with E-state index in [0.29, 0.717) is 13.0 Å². The average molecular weight is 290 g/mol. The molecule has 1 aromatic rings. The van der Waals surface area contributed by atoms with Crippen molar-refractivity contribution in [2.75, 3.05) is 6.61 Å². The standard InChI is InChI=1S/C17H19FO3/c1-2-3-8-20-15-10-16-13(9-14(15)17(19)21-16)11-4-6-12(18)7-5-11/h4-7,9,14-16H,2-3,8,10H2,1H3/t14-,15-,16-/m0/s1. The highest BCUT2D eigenvalue weighted by molar-refractivity contribution is 5.86. The number of ether oxygens (including phenoxy) is 2. The normalized spacial score (nSPS) is 27.4. The van der Waals surface area contributed by atoms with Crippen LogP contribution in [0.4, 0.5) is 4.39 Å². The maximum absolute atomic E-state index is 13.0. The van der Waals surface area contributed by atoms with Crippen LogP contribution in [0.2, 0.25) is 0 Å². The van der Waals surface area contributed by atoms with Crippen molar-refractivity contribution in [3.8, 4) is 0 Å². The Bertz CT molecular complexity index is 550. The molecule has 3 aliphatic rings. The molecule has 2 heterocycles. The number of esters is 1. The lowest BCUT2D eigenvalue weighted by Crippen LogP contribution is -2.46. The fraction of sp³-hybridized carbons (Fsp3) is 0.471. The molecule has 4 rings (SSSR count).